The van der Waals surface area contributed by atoms with Gasteiger partial charge in [-0.25, -0.2) is 8.42 Å². The van der Waals surface area contributed by atoms with Crippen molar-refractivity contribution < 1.29 is 27.7 Å². The molecule has 2 aromatic carbocycles. The highest BCUT2D eigenvalue weighted by atomic mass is 35.5. The van der Waals surface area contributed by atoms with Crippen LogP contribution in [-0.4, -0.2) is 42.1 Å². The minimum Gasteiger partial charge on any atom is -0.465 e. The summed E-state index contributed by atoms with van der Waals surface area (Å²) in [6.07, 6.45) is -0.0951. The number of hydrogen-bond acceptors (Lipinski definition) is 8. The smallest absolute Gasteiger partial charge is 0.326 e. The van der Waals surface area contributed by atoms with Crippen molar-refractivity contribution in [3.8, 4) is 0 Å². The van der Waals surface area contributed by atoms with Crippen LogP contribution in [0.1, 0.15) is 19.8 Å². The summed E-state index contributed by atoms with van der Waals surface area (Å²) in [4.78, 5) is 39.4. The SMILES string of the molecule is CCOC(=O)Cn1c(=NC(=O)CCCS(=O)(=O)c2ccc(Cl)cc2)sc2cc([N+](=O)[O-])ccc21. The van der Waals surface area contributed by atoms with E-state index in [1.54, 1.807) is 6.92 Å². The molecule has 0 unspecified atom stereocenters. The largest absolute Gasteiger partial charge is 0.465 e. The number of sulfone groups is 1. The number of fused-ring (bicyclic) bond motifs is 1. The van der Waals surface area contributed by atoms with Gasteiger partial charge in [0.15, 0.2) is 14.6 Å². The topological polar surface area (TPSA) is 138 Å². The number of nitrogens with zero attached hydrogens (tertiary/aromatic N) is 3. The molecule has 3 rings (SSSR count). The molecule has 0 fully saturated rings. The predicted octanol–water partition coefficient (Wildman–Crippen LogP) is 3.51. The van der Waals surface area contributed by atoms with Gasteiger partial charge in [-0.2, -0.15) is 4.99 Å². The summed E-state index contributed by atoms with van der Waals surface area (Å²) in [5, 5.41) is 11.5. The molecule has 180 valence electrons. The summed E-state index contributed by atoms with van der Waals surface area (Å²) in [6.45, 7) is 1.59. The maximum absolute atomic E-state index is 12.5. The fourth-order valence-corrected chi connectivity index (χ4v) is 5.60. The number of halogens is 1. The van der Waals surface area contributed by atoms with E-state index in [1.807, 2.05) is 0 Å². The second-order valence-electron chi connectivity index (χ2n) is 7.07. The Labute approximate surface area is 203 Å². The Morgan fingerprint density at radius 1 is 1.21 bits per heavy atom. The molecule has 0 atom stereocenters. The molecular formula is C21H20ClN3O7S2. The Morgan fingerprint density at radius 2 is 1.91 bits per heavy atom. The van der Waals surface area contributed by atoms with E-state index in [2.05, 4.69) is 4.99 Å². The number of carbonyl (C=O) groups excluding carboxylic acids is 2. The lowest BCUT2D eigenvalue weighted by molar-refractivity contribution is -0.384. The molecule has 0 saturated carbocycles. The van der Waals surface area contributed by atoms with Crippen LogP contribution in [0.2, 0.25) is 5.02 Å². The van der Waals surface area contributed by atoms with Crippen molar-refractivity contribution in [2.24, 2.45) is 4.99 Å². The Bertz CT molecular complexity index is 1410. The number of non-ortho nitro benzene ring substituents is 1. The van der Waals surface area contributed by atoms with E-state index in [4.69, 9.17) is 16.3 Å². The number of aromatic nitrogens is 1. The van der Waals surface area contributed by atoms with Crippen molar-refractivity contribution in [2.75, 3.05) is 12.4 Å². The van der Waals surface area contributed by atoms with Gasteiger partial charge < -0.3 is 9.30 Å². The maximum Gasteiger partial charge on any atom is 0.326 e. The third-order valence-corrected chi connectivity index (χ3v) is 7.78. The van der Waals surface area contributed by atoms with Gasteiger partial charge in [0.25, 0.3) is 5.69 Å². The number of rotatable bonds is 9. The predicted molar refractivity (Wildman–Crippen MR) is 126 cm³/mol. The highest BCUT2D eigenvalue weighted by Gasteiger charge is 2.17. The highest BCUT2D eigenvalue weighted by molar-refractivity contribution is 7.91. The van der Waals surface area contributed by atoms with Crippen molar-refractivity contribution in [3.63, 3.8) is 0 Å². The number of hydrogen-bond donors (Lipinski definition) is 0. The summed E-state index contributed by atoms with van der Waals surface area (Å²) in [5.74, 6) is -1.38. The average molecular weight is 526 g/mol. The van der Waals surface area contributed by atoms with Crippen LogP contribution >= 0.6 is 22.9 Å². The zero-order valence-corrected chi connectivity index (χ0v) is 20.4. The van der Waals surface area contributed by atoms with Gasteiger partial charge in [-0.3, -0.25) is 19.7 Å². The van der Waals surface area contributed by atoms with Crippen LogP contribution in [0.15, 0.2) is 52.4 Å². The molecule has 0 aliphatic heterocycles. The average Bonchev–Trinajstić information content (AvgIpc) is 3.10. The van der Waals surface area contributed by atoms with Crippen LogP contribution in [0.5, 0.6) is 0 Å². The van der Waals surface area contributed by atoms with Crippen molar-refractivity contribution in [2.45, 2.75) is 31.2 Å². The number of nitro benzene ring substituents is 1. The number of esters is 1. The second-order valence-corrected chi connectivity index (χ2v) is 10.6. The quantitative estimate of drug-likeness (QED) is 0.236. The Balaban J connectivity index is 1.82. The number of thiazole rings is 1. The van der Waals surface area contributed by atoms with Crippen molar-refractivity contribution in [1.29, 1.82) is 0 Å². The lowest BCUT2D eigenvalue weighted by Crippen LogP contribution is -2.23. The molecule has 13 heteroatoms. The van der Waals surface area contributed by atoms with E-state index >= 15 is 0 Å². The minimum atomic E-state index is -3.59. The second kappa shape index (κ2) is 10.9. The number of nitro groups is 1. The summed E-state index contributed by atoms with van der Waals surface area (Å²) in [5.41, 5.74) is 0.350. The first kappa shape index (κ1) is 25.5. The monoisotopic (exact) mass is 525 g/mol. The molecule has 0 spiro atoms. The molecule has 34 heavy (non-hydrogen) atoms. The van der Waals surface area contributed by atoms with Crippen LogP contribution in [0.3, 0.4) is 0 Å². The van der Waals surface area contributed by atoms with Crippen molar-refractivity contribution in [3.05, 3.63) is 62.4 Å². The molecule has 1 heterocycles. The molecule has 0 saturated heterocycles. The standard InChI is InChI=1S/C21H20ClN3O7S2/c1-2-32-20(27)13-24-17-10-7-15(25(28)29)12-18(17)33-21(24)23-19(26)4-3-11-34(30,31)16-8-5-14(22)6-9-16/h5-10,12H,2-4,11,13H2,1H3. The molecular weight excluding hydrogens is 506 g/mol. The Kier molecular flexibility index (Phi) is 8.18. The lowest BCUT2D eigenvalue weighted by atomic mass is 10.3. The van der Waals surface area contributed by atoms with Gasteiger partial charge in [0, 0.05) is 23.6 Å². The first-order chi connectivity index (χ1) is 16.1. The Morgan fingerprint density at radius 3 is 2.56 bits per heavy atom. The molecule has 1 aromatic heterocycles. The minimum absolute atomic E-state index is 0.0432. The summed E-state index contributed by atoms with van der Waals surface area (Å²) >= 11 is 6.80. The van der Waals surface area contributed by atoms with Crippen LogP contribution in [0, 0.1) is 10.1 Å². The van der Waals surface area contributed by atoms with E-state index < -0.39 is 26.6 Å². The number of amides is 1. The molecule has 0 aliphatic rings. The van der Waals surface area contributed by atoms with Gasteiger partial charge in [-0.15, -0.1) is 0 Å². The number of ether oxygens (including phenoxy) is 1. The van der Waals surface area contributed by atoms with Crippen molar-refractivity contribution >= 4 is 60.6 Å². The Hall–Kier alpha value is -3.09. The van der Waals surface area contributed by atoms with Crippen LogP contribution < -0.4 is 4.80 Å². The highest BCUT2D eigenvalue weighted by Crippen LogP contribution is 2.23. The van der Waals surface area contributed by atoms with E-state index in [0.717, 1.165) is 11.3 Å². The normalized spacial score (nSPS) is 12.1. The van der Waals surface area contributed by atoms with Gasteiger partial charge in [0.1, 0.15) is 6.54 Å². The molecule has 0 aliphatic carbocycles. The molecule has 10 nitrogen and oxygen atoms in total. The first-order valence-corrected chi connectivity index (χ1v) is 12.9. The molecule has 0 bridgehead atoms. The molecule has 0 N–H and O–H groups in total. The van der Waals surface area contributed by atoms with E-state index in [0.29, 0.717) is 15.2 Å². The fraction of sp³-hybridized carbons (Fsp3) is 0.286. The molecule has 0 radical (unpaired) electrons. The van der Waals surface area contributed by atoms with Gasteiger partial charge >= 0.3 is 5.97 Å². The van der Waals surface area contributed by atoms with Gasteiger partial charge in [-0.05, 0) is 43.7 Å². The van der Waals surface area contributed by atoms with Gasteiger partial charge in [0.2, 0.25) is 5.91 Å². The van der Waals surface area contributed by atoms with Crippen molar-refractivity contribution in [1.82, 2.24) is 4.57 Å². The lowest BCUT2D eigenvalue weighted by Gasteiger charge is -2.05. The van der Waals surface area contributed by atoms with E-state index in [9.17, 15) is 28.1 Å². The summed E-state index contributed by atoms with van der Waals surface area (Å²) < 4.78 is 31.8. The number of carbonyl (C=O) groups is 2. The van der Waals surface area contributed by atoms with Gasteiger partial charge in [0.05, 0.1) is 32.4 Å². The third kappa shape index (κ3) is 6.27. The fourth-order valence-electron chi connectivity index (χ4n) is 3.09. The molecule has 3 aromatic rings. The van der Waals surface area contributed by atoms with Crippen LogP contribution in [-0.2, 0) is 30.7 Å². The summed E-state index contributed by atoms with van der Waals surface area (Å²) in [6, 6.07) is 9.86. The van der Waals surface area contributed by atoms with Crippen LogP contribution in [0.25, 0.3) is 10.2 Å². The number of benzene rings is 2. The van der Waals surface area contributed by atoms with Gasteiger partial charge in [-0.1, -0.05) is 22.9 Å². The maximum atomic E-state index is 12.5. The zero-order valence-electron chi connectivity index (χ0n) is 18.0. The third-order valence-electron chi connectivity index (χ3n) is 4.67. The van der Waals surface area contributed by atoms with E-state index in [-0.39, 0.29) is 47.1 Å². The van der Waals surface area contributed by atoms with E-state index in [1.165, 1.54) is 47.0 Å². The summed E-state index contributed by atoms with van der Waals surface area (Å²) in [7, 11) is -3.59. The zero-order chi connectivity index (χ0) is 24.9. The molecule has 1 amide bonds. The first-order valence-electron chi connectivity index (χ1n) is 10.1. The van der Waals surface area contributed by atoms with Crippen LogP contribution in [0.4, 0.5) is 5.69 Å².